The normalized spacial score (nSPS) is 12.0. The maximum Gasteiger partial charge on any atom is 0.331 e. The van der Waals surface area contributed by atoms with Crippen LogP contribution in [0.5, 0.6) is 0 Å². The molecule has 0 saturated carbocycles. The lowest BCUT2D eigenvalue weighted by atomic mass is 10.8. The van der Waals surface area contributed by atoms with E-state index in [1.807, 2.05) is 26.9 Å². The Morgan fingerprint density at radius 3 is 1.47 bits per heavy atom. The average molecular weight is 236 g/mol. The van der Waals surface area contributed by atoms with Gasteiger partial charge in [-0.05, 0) is 26.9 Å². The molecule has 5 heteroatoms. The molecule has 0 aromatic heterocycles. The topological polar surface area (TPSA) is 36.9 Å². The second-order valence-corrected chi connectivity index (χ2v) is 6.87. The summed E-state index contributed by atoms with van der Waals surface area (Å²) >= 11 is 0. The van der Waals surface area contributed by atoms with Crippen molar-refractivity contribution in [2.75, 3.05) is 39.6 Å². The van der Waals surface area contributed by atoms with Gasteiger partial charge in [0, 0.05) is 13.2 Å². The molecule has 0 aromatic rings. The molecule has 0 N–H and O–H groups in total. The van der Waals surface area contributed by atoms with E-state index in [4.69, 9.17) is 18.3 Å². The van der Waals surface area contributed by atoms with Crippen LogP contribution in [0.15, 0.2) is 0 Å². The van der Waals surface area contributed by atoms with Gasteiger partial charge in [0.05, 0.1) is 26.4 Å². The zero-order chi connectivity index (χ0) is 11.6. The first-order valence-electron chi connectivity index (χ1n) is 5.55. The van der Waals surface area contributed by atoms with Crippen LogP contribution in [0.25, 0.3) is 0 Å². The molecule has 0 atom stereocenters. The Hall–Kier alpha value is 0.0569. The van der Waals surface area contributed by atoms with Crippen LogP contribution in [0.4, 0.5) is 0 Å². The minimum absolute atomic E-state index is 0.613. The third kappa shape index (κ3) is 10.3. The van der Waals surface area contributed by atoms with Gasteiger partial charge in [0.25, 0.3) is 0 Å². The standard InChI is InChI=1S/C10H24O4Si/c1-5-11-7-9-13-15(3,4)14-10-8-12-6-2/h5-10H2,1-4H3. The van der Waals surface area contributed by atoms with Gasteiger partial charge < -0.3 is 18.3 Å². The fraction of sp³-hybridized carbons (Fsp3) is 1.00. The van der Waals surface area contributed by atoms with Crippen LogP contribution in [0.2, 0.25) is 13.1 Å². The van der Waals surface area contributed by atoms with E-state index in [1.165, 1.54) is 0 Å². The molecule has 0 amide bonds. The van der Waals surface area contributed by atoms with Gasteiger partial charge in [0.1, 0.15) is 0 Å². The van der Waals surface area contributed by atoms with Crippen molar-refractivity contribution in [3.05, 3.63) is 0 Å². The molecule has 92 valence electrons. The lowest BCUT2D eigenvalue weighted by Crippen LogP contribution is -2.37. The zero-order valence-electron chi connectivity index (χ0n) is 10.4. The minimum atomic E-state index is -1.96. The Kier molecular flexibility index (Phi) is 9.33. The lowest BCUT2D eigenvalue weighted by molar-refractivity contribution is 0.0685. The van der Waals surface area contributed by atoms with E-state index >= 15 is 0 Å². The summed E-state index contributed by atoms with van der Waals surface area (Å²) in [5.41, 5.74) is 0. The highest BCUT2D eigenvalue weighted by Gasteiger charge is 2.23. The highest BCUT2D eigenvalue weighted by Crippen LogP contribution is 2.05. The van der Waals surface area contributed by atoms with E-state index < -0.39 is 8.56 Å². The molecule has 0 rings (SSSR count). The van der Waals surface area contributed by atoms with Crippen molar-refractivity contribution in [2.24, 2.45) is 0 Å². The van der Waals surface area contributed by atoms with Gasteiger partial charge >= 0.3 is 8.56 Å². The Balaban J connectivity index is 3.40. The van der Waals surface area contributed by atoms with Crippen LogP contribution < -0.4 is 0 Å². The van der Waals surface area contributed by atoms with Gasteiger partial charge in [0.15, 0.2) is 0 Å². The van der Waals surface area contributed by atoms with Crippen LogP contribution >= 0.6 is 0 Å². The van der Waals surface area contributed by atoms with Gasteiger partial charge in [-0.25, -0.2) is 0 Å². The fourth-order valence-electron chi connectivity index (χ4n) is 1.02. The molecule has 0 unspecified atom stereocenters. The molecule has 0 saturated heterocycles. The molecular weight excluding hydrogens is 212 g/mol. The summed E-state index contributed by atoms with van der Waals surface area (Å²) in [5.74, 6) is 0. The smallest absolute Gasteiger partial charge is 0.331 e. The van der Waals surface area contributed by atoms with Crippen molar-refractivity contribution in [1.29, 1.82) is 0 Å². The maximum absolute atomic E-state index is 5.65. The summed E-state index contributed by atoms with van der Waals surface area (Å²) in [6, 6.07) is 0. The van der Waals surface area contributed by atoms with Gasteiger partial charge in [-0.1, -0.05) is 0 Å². The van der Waals surface area contributed by atoms with Gasteiger partial charge in [-0.3, -0.25) is 0 Å². The molecule has 0 fully saturated rings. The van der Waals surface area contributed by atoms with Crippen LogP contribution in [0, 0.1) is 0 Å². The van der Waals surface area contributed by atoms with Crippen molar-refractivity contribution in [1.82, 2.24) is 0 Å². The third-order valence-corrected chi connectivity index (χ3v) is 3.56. The molecule has 0 aliphatic carbocycles. The van der Waals surface area contributed by atoms with E-state index in [9.17, 15) is 0 Å². The van der Waals surface area contributed by atoms with Crippen LogP contribution in [0.3, 0.4) is 0 Å². The Morgan fingerprint density at radius 2 is 1.13 bits per heavy atom. The van der Waals surface area contributed by atoms with E-state index in [1.54, 1.807) is 0 Å². The zero-order valence-corrected chi connectivity index (χ0v) is 11.4. The van der Waals surface area contributed by atoms with Crippen LogP contribution in [0.1, 0.15) is 13.8 Å². The quantitative estimate of drug-likeness (QED) is 0.428. The summed E-state index contributed by atoms with van der Waals surface area (Å²) in [6.07, 6.45) is 0. The molecule has 4 nitrogen and oxygen atoms in total. The summed E-state index contributed by atoms with van der Waals surface area (Å²) < 4.78 is 21.7. The van der Waals surface area contributed by atoms with E-state index in [-0.39, 0.29) is 0 Å². The molecule has 0 heterocycles. The Morgan fingerprint density at radius 1 is 0.733 bits per heavy atom. The molecule has 0 aromatic carbocycles. The van der Waals surface area contributed by atoms with Gasteiger partial charge in [0.2, 0.25) is 0 Å². The monoisotopic (exact) mass is 236 g/mol. The lowest BCUT2D eigenvalue weighted by Gasteiger charge is -2.22. The molecule has 15 heavy (non-hydrogen) atoms. The van der Waals surface area contributed by atoms with Gasteiger partial charge in [-0.2, -0.15) is 0 Å². The average Bonchev–Trinajstić information content (AvgIpc) is 2.20. The molecule has 0 spiro atoms. The van der Waals surface area contributed by atoms with Gasteiger partial charge in [-0.15, -0.1) is 0 Å². The molecule has 0 radical (unpaired) electrons. The Labute approximate surface area is 94.1 Å². The van der Waals surface area contributed by atoms with Crippen LogP contribution in [-0.4, -0.2) is 48.2 Å². The predicted octanol–water partition coefficient (Wildman–Crippen LogP) is 1.79. The van der Waals surface area contributed by atoms with Crippen molar-refractivity contribution in [3.63, 3.8) is 0 Å². The maximum atomic E-state index is 5.65. The molecular formula is C10H24O4Si. The number of rotatable bonds is 10. The summed E-state index contributed by atoms with van der Waals surface area (Å²) in [6.45, 7) is 12.0. The molecule has 0 bridgehead atoms. The second-order valence-electron chi connectivity index (χ2n) is 3.49. The largest absolute Gasteiger partial charge is 0.392 e. The summed E-state index contributed by atoms with van der Waals surface area (Å²) in [7, 11) is -1.96. The van der Waals surface area contributed by atoms with E-state index in [0.717, 1.165) is 13.2 Å². The first-order valence-corrected chi connectivity index (χ1v) is 8.37. The predicted molar refractivity (Wildman–Crippen MR) is 62.4 cm³/mol. The molecule has 0 aliphatic heterocycles. The second kappa shape index (κ2) is 9.29. The molecule has 0 aliphatic rings. The minimum Gasteiger partial charge on any atom is -0.392 e. The summed E-state index contributed by atoms with van der Waals surface area (Å²) in [5, 5.41) is 0. The highest BCUT2D eigenvalue weighted by atomic mass is 28.4. The first kappa shape index (κ1) is 15.1. The van der Waals surface area contributed by atoms with Crippen molar-refractivity contribution in [3.8, 4) is 0 Å². The number of hydrogen-bond donors (Lipinski definition) is 0. The fourth-order valence-corrected chi connectivity index (χ4v) is 2.26. The summed E-state index contributed by atoms with van der Waals surface area (Å²) in [4.78, 5) is 0. The van der Waals surface area contributed by atoms with E-state index in [0.29, 0.717) is 26.4 Å². The number of hydrogen-bond acceptors (Lipinski definition) is 4. The van der Waals surface area contributed by atoms with Crippen LogP contribution in [-0.2, 0) is 18.3 Å². The van der Waals surface area contributed by atoms with Crippen molar-refractivity contribution >= 4 is 8.56 Å². The SMILES string of the molecule is CCOCCO[Si](C)(C)OCCOCC. The van der Waals surface area contributed by atoms with E-state index in [2.05, 4.69) is 0 Å². The van der Waals surface area contributed by atoms with Crippen molar-refractivity contribution in [2.45, 2.75) is 26.9 Å². The number of ether oxygens (including phenoxy) is 2. The van der Waals surface area contributed by atoms with Crippen molar-refractivity contribution < 1.29 is 18.3 Å². The third-order valence-electron chi connectivity index (χ3n) is 1.76. The highest BCUT2D eigenvalue weighted by molar-refractivity contribution is 6.64. The Bertz CT molecular complexity index is 127. The first-order chi connectivity index (χ1) is 7.12.